The lowest BCUT2D eigenvalue weighted by atomic mass is 10.2. The maximum Gasteiger partial charge on any atom is 0.276 e. The number of hydrazine groups is 1. The minimum absolute atomic E-state index is 0.251. The number of aryl methyl sites for hydroxylation is 1. The van der Waals surface area contributed by atoms with E-state index in [2.05, 4.69) is 42.7 Å². The molecule has 0 atom stereocenters. The Bertz CT molecular complexity index is 1070. The van der Waals surface area contributed by atoms with E-state index in [4.69, 9.17) is 14.2 Å². The molecule has 0 heterocycles. The summed E-state index contributed by atoms with van der Waals surface area (Å²) in [5, 5.41) is 0. The van der Waals surface area contributed by atoms with Crippen molar-refractivity contribution in [1.82, 2.24) is 10.9 Å². The van der Waals surface area contributed by atoms with Crippen LogP contribution < -0.4 is 25.1 Å². The van der Waals surface area contributed by atoms with Crippen LogP contribution in [0.15, 0.2) is 75.7 Å². The molecular weight excluding hydrogens is 556 g/mol. The molecule has 3 aromatic rings. The van der Waals surface area contributed by atoms with Gasteiger partial charge in [-0.05, 0) is 76.9 Å². The Balaban J connectivity index is 1.39. The van der Waals surface area contributed by atoms with Gasteiger partial charge in [-0.1, -0.05) is 34.1 Å². The third kappa shape index (κ3) is 7.80. The van der Waals surface area contributed by atoms with Gasteiger partial charge in [0.15, 0.2) is 6.61 Å². The molecule has 0 spiro atoms. The van der Waals surface area contributed by atoms with Gasteiger partial charge in [-0.3, -0.25) is 20.4 Å². The maximum absolute atomic E-state index is 12.3. The van der Waals surface area contributed by atoms with Gasteiger partial charge in [-0.25, -0.2) is 0 Å². The van der Waals surface area contributed by atoms with Crippen molar-refractivity contribution in [1.29, 1.82) is 0 Å². The monoisotopic (exact) mass is 576 g/mol. The molecule has 7 nitrogen and oxygen atoms in total. The summed E-state index contributed by atoms with van der Waals surface area (Å²) >= 11 is 6.80. The van der Waals surface area contributed by atoms with Gasteiger partial charge in [-0.15, -0.1) is 0 Å². The summed E-state index contributed by atoms with van der Waals surface area (Å²) in [7, 11) is 0. The molecule has 0 aliphatic carbocycles. The van der Waals surface area contributed by atoms with Crippen molar-refractivity contribution in [2.45, 2.75) is 6.92 Å². The molecule has 0 unspecified atom stereocenters. The van der Waals surface area contributed by atoms with Crippen molar-refractivity contribution in [2.24, 2.45) is 0 Å². The van der Waals surface area contributed by atoms with Crippen LogP contribution in [0.4, 0.5) is 0 Å². The minimum atomic E-state index is -0.490. The summed E-state index contributed by atoms with van der Waals surface area (Å²) in [6.07, 6.45) is 0. The van der Waals surface area contributed by atoms with E-state index in [1.807, 2.05) is 49.4 Å². The average molecular weight is 578 g/mol. The van der Waals surface area contributed by atoms with Crippen molar-refractivity contribution < 1.29 is 23.8 Å². The zero-order valence-electron chi connectivity index (χ0n) is 17.8. The third-order valence-corrected chi connectivity index (χ3v) is 5.38. The normalized spacial score (nSPS) is 10.3. The predicted molar refractivity (Wildman–Crippen MR) is 132 cm³/mol. The van der Waals surface area contributed by atoms with Gasteiger partial charge >= 0.3 is 0 Å². The van der Waals surface area contributed by atoms with Gasteiger partial charge in [0, 0.05) is 10.0 Å². The van der Waals surface area contributed by atoms with Gasteiger partial charge < -0.3 is 14.2 Å². The Morgan fingerprint density at radius 1 is 0.818 bits per heavy atom. The number of ether oxygens (including phenoxy) is 3. The second-order valence-corrected chi connectivity index (χ2v) is 8.63. The Labute approximate surface area is 208 Å². The summed E-state index contributed by atoms with van der Waals surface area (Å²) in [5.74, 6) is 1.000. The van der Waals surface area contributed by atoms with Crippen LogP contribution in [0.2, 0.25) is 0 Å². The first-order valence-electron chi connectivity index (χ1n) is 10.0. The Morgan fingerprint density at radius 3 is 2.09 bits per heavy atom. The van der Waals surface area contributed by atoms with E-state index in [1.54, 1.807) is 24.3 Å². The molecule has 0 saturated carbocycles. The molecule has 2 amide bonds. The van der Waals surface area contributed by atoms with Gasteiger partial charge in [-0.2, -0.15) is 0 Å². The fourth-order valence-electron chi connectivity index (χ4n) is 2.78. The lowest BCUT2D eigenvalue weighted by Crippen LogP contribution is -2.43. The number of halogens is 2. The van der Waals surface area contributed by atoms with Crippen LogP contribution in [0.5, 0.6) is 17.2 Å². The molecule has 0 aliphatic rings. The molecule has 0 aromatic heterocycles. The van der Waals surface area contributed by atoms with E-state index in [9.17, 15) is 9.59 Å². The number of hydrogen-bond acceptors (Lipinski definition) is 5. The predicted octanol–water partition coefficient (Wildman–Crippen LogP) is 4.82. The zero-order chi connectivity index (χ0) is 23.6. The van der Waals surface area contributed by atoms with Crippen molar-refractivity contribution in [2.75, 3.05) is 19.8 Å². The summed E-state index contributed by atoms with van der Waals surface area (Å²) < 4.78 is 18.4. The van der Waals surface area contributed by atoms with Crippen molar-refractivity contribution >= 4 is 43.7 Å². The molecule has 0 fully saturated rings. The summed E-state index contributed by atoms with van der Waals surface area (Å²) in [6, 6.07) is 19.7. The summed E-state index contributed by atoms with van der Waals surface area (Å²) in [5.41, 5.74) is 5.94. The second kappa shape index (κ2) is 12.3. The lowest BCUT2D eigenvalue weighted by molar-refractivity contribution is -0.123. The SMILES string of the molecule is Cc1cc(Br)cc(Br)c1OCC(=O)NNC(=O)c1ccc(OCCOc2ccccc2)cc1. The molecule has 172 valence electrons. The standard InChI is InChI=1S/C24H22Br2N2O5/c1-16-13-18(25)14-21(26)23(16)33-15-22(29)27-28-24(30)17-7-9-20(10-8-17)32-12-11-31-19-5-3-2-4-6-19/h2-10,13-14H,11-12,15H2,1H3,(H,27,29)(H,28,30). The number of rotatable bonds is 9. The Hall–Kier alpha value is -3.04. The highest BCUT2D eigenvalue weighted by Crippen LogP contribution is 2.32. The molecule has 3 rings (SSSR count). The smallest absolute Gasteiger partial charge is 0.276 e. The van der Waals surface area contributed by atoms with E-state index >= 15 is 0 Å². The van der Waals surface area contributed by atoms with Crippen LogP contribution in [0, 0.1) is 6.92 Å². The van der Waals surface area contributed by atoms with Gasteiger partial charge in [0.25, 0.3) is 11.8 Å². The third-order valence-electron chi connectivity index (χ3n) is 4.34. The fraction of sp³-hybridized carbons (Fsp3) is 0.167. The minimum Gasteiger partial charge on any atom is -0.490 e. The number of amides is 2. The van der Waals surface area contributed by atoms with Crippen molar-refractivity contribution in [3.8, 4) is 17.2 Å². The fourth-order valence-corrected chi connectivity index (χ4v) is 4.34. The molecule has 9 heteroatoms. The molecule has 2 N–H and O–H groups in total. The van der Waals surface area contributed by atoms with E-state index < -0.39 is 11.8 Å². The first-order chi connectivity index (χ1) is 15.9. The molecule has 3 aromatic carbocycles. The number of carbonyl (C=O) groups is 2. The molecule has 0 radical (unpaired) electrons. The zero-order valence-corrected chi connectivity index (χ0v) is 20.9. The van der Waals surface area contributed by atoms with Gasteiger partial charge in [0.1, 0.15) is 30.5 Å². The highest BCUT2D eigenvalue weighted by molar-refractivity contribution is 9.11. The van der Waals surface area contributed by atoms with Crippen LogP contribution >= 0.6 is 31.9 Å². The summed E-state index contributed by atoms with van der Waals surface area (Å²) in [4.78, 5) is 24.3. The van der Waals surface area contributed by atoms with Gasteiger partial charge in [0.2, 0.25) is 0 Å². The first-order valence-corrected chi connectivity index (χ1v) is 11.6. The van der Waals surface area contributed by atoms with E-state index in [0.717, 1.165) is 20.3 Å². The topological polar surface area (TPSA) is 85.9 Å². The van der Waals surface area contributed by atoms with E-state index in [0.29, 0.717) is 30.3 Å². The number of para-hydroxylation sites is 1. The largest absolute Gasteiger partial charge is 0.490 e. The second-order valence-electron chi connectivity index (χ2n) is 6.86. The van der Waals surface area contributed by atoms with Gasteiger partial charge in [0.05, 0.1) is 4.47 Å². The highest BCUT2D eigenvalue weighted by Gasteiger charge is 2.11. The number of hydrogen-bond donors (Lipinski definition) is 2. The van der Waals surface area contributed by atoms with Crippen LogP contribution in [0.1, 0.15) is 15.9 Å². The molecule has 0 aliphatic heterocycles. The lowest BCUT2D eigenvalue weighted by Gasteiger charge is -2.12. The van der Waals surface area contributed by atoms with Crippen LogP contribution in [0.3, 0.4) is 0 Å². The number of carbonyl (C=O) groups excluding carboxylic acids is 2. The average Bonchev–Trinajstić information content (AvgIpc) is 2.80. The Kier molecular flexibility index (Phi) is 9.14. The number of nitrogens with one attached hydrogen (secondary N) is 2. The van der Waals surface area contributed by atoms with Crippen LogP contribution in [-0.2, 0) is 4.79 Å². The summed E-state index contributed by atoms with van der Waals surface area (Å²) in [6.45, 7) is 2.38. The van der Waals surface area contributed by atoms with E-state index in [1.165, 1.54) is 0 Å². The van der Waals surface area contributed by atoms with Crippen LogP contribution in [-0.4, -0.2) is 31.6 Å². The highest BCUT2D eigenvalue weighted by atomic mass is 79.9. The number of benzene rings is 3. The first kappa shape index (κ1) is 24.6. The van der Waals surface area contributed by atoms with Crippen molar-refractivity contribution in [3.05, 3.63) is 86.8 Å². The molecule has 0 bridgehead atoms. The van der Waals surface area contributed by atoms with Crippen LogP contribution in [0.25, 0.3) is 0 Å². The Morgan fingerprint density at radius 2 is 1.45 bits per heavy atom. The van der Waals surface area contributed by atoms with E-state index in [-0.39, 0.29) is 6.61 Å². The quantitative estimate of drug-likeness (QED) is 0.281. The maximum atomic E-state index is 12.3. The molecular formula is C24H22Br2N2O5. The van der Waals surface area contributed by atoms with Crippen molar-refractivity contribution in [3.63, 3.8) is 0 Å². The molecule has 33 heavy (non-hydrogen) atoms. The molecule has 0 saturated heterocycles.